The van der Waals surface area contributed by atoms with Gasteiger partial charge >= 0.3 is 0 Å². The van der Waals surface area contributed by atoms with Crippen molar-refractivity contribution in [1.82, 2.24) is 9.29 Å². The highest BCUT2D eigenvalue weighted by Gasteiger charge is 2.26. The number of nitrogens with zero attached hydrogens (tertiary/aromatic N) is 2. The molecule has 0 aliphatic carbocycles. The Morgan fingerprint density at radius 1 is 1.47 bits per heavy atom. The third kappa shape index (κ3) is 4.18. The number of aromatic nitrogens is 1. The second-order valence-electron chi connectivity index (χ2n) is 4.00. The van der Waals surface area contributed by atoms with E-state index in [2.05, 4.69) is 18.8 Å². The second kappa shape index (κ2) is 7.53. The van der Waals surface area contributed by atoms with E-state index < -0.39 is 11.3 Å². The molecule has 1 fully saturated rings. The van der Waals surface area contributed by atoms with Crippen molar-refractivity contribution in [2.45, 2.75) is 39.2 Å². The predicted octanol–water partition coefficient (Wildman–Crippen LogP) is 2.43. The van der Waals surface area contributed by atoms with Gasteiger partial charge in [-0.25, -0.2) is 4.31 Å². The maximum atomic E-state index is 10.9. The molecule has 0 spiro atoms. The molecule has 0 bridgehead atoms. The molecule has 1 unspecified atom stereocenters. The summed E-state index contributed by atoms with van der Waals surface area (Å²) >= 11 is -2.11. The van der Waals surface area contributed by atoms with Crippen molar-refractivity contribution in [3.63, 3.8) is 0 Å². The van der Waals surface area contributed by atoms with Gasteiger partial charge in [-0.2, -0.15) is 0 Å². The van der Waals surface area contributed by atoms with Gasteiger partial charge in [0.2, 0.25) is 0 Å². The Hall–Kier alpha value is -0.780. The van der Waals surface area contributed by atoms with Crippen LogP contribution in [0.5, 0.6) is 0 Å². The van der Waals surface area contributed by atoms with Crippen LogP contribution in [0.3, 0.4) is 0 Å². The quantitative estimate of drug-likeness (QED) is 0.763. The Kier molecular flexibility index (Phi) is 6.32. The van der Waals surface area contributed by atoms with Crippen molar-refractivity contribution >= 4 is 11.3 Å². The summed E-state index contributed by atoms with van der Waals surface area (Å²) in [5.74, 6) is 0. The van der Waals surface area contributed by atoms with Gasteiger partial charge in [-0.1, -0.05) is 20.3 Å². The predicted molar refractivity (Wildman–Crippen MR) is 67.8 cm³/mol. The molecule has 96 valence electrons. The van der Waals surface area contributed by atoms with Crippen LogP contribution in [0.2, 0.25) is 0 Å². The molecule has 2 heterocycles. The first-order chi connectivity index (χ1) is 8.20. The highest BCUT2D eigenvalue weighted by atomic mass is 32.2. The minimum atomic E-state index is -2.11. The molecule has 4 nitrogen and oxygen atoms in total. The van der Waals surface area contributed by atoms with Crippen molar-refractivity contribution < 1.29 is 8.76 Å². The Bertz CT molecular complexity index is 346. The van der Waals surface area contributed by atoms with E-state index in [1.165, 1.54) is 10.7 Å². The standard InChI is InChI=1S/C9H12N2O2S.C3H8/c12-14(13)11-7-1-2-9(11)8-3-5-10-6-4-8;1-3-2/h3-6,9H,1-2,7H2,(H,12,13);3H2,1-2H3/p-1/t9-;/m1./s1. The van der Waals surface area contributed by atoms with Gasteiger partial charge in [-0.15, -0.1) is 0 Å². The first-order valence-electron chi connectivity index (χ1n) is 5.96. The van der Waals surface area contributed by atoms with Gasteiger partial charge in [-0.3, -0.25) is 9.19 Å². The number of rotatable bonds is 2. The highest BCUT2D eigenvalue weighted by Crippen LogP contribution is 2.31. The van der Waals surface area contributed by atoms with Gasteiger partial charge in [0, 0.05) is 36.2 Å². The normalized spacial score (nSPS) is 21.7. The minimum Gasteiger partial charge on any atom is -0.760 e. The molecule has 0 N–H and O–H groups in total. The maximum Gasteiger partial charge on any atom is 0.0466 e. The maximum absolute atomic E-state index is 10.9. The van der Waals surface area contributed by atoms with E-state index in [0.29, 0.717) is 6.54 Å². The van der Waals surface area contributed by atoms with E-state index in [4.69, 9.17) is 0 Å². The van der Waals surface area contributed by atoms with Crippen LogP contribution >= 0.6 is 0 Å². The van der Waals surface area contributed by atoms with Crippen molar-refractivity contribution in [2.75, 3.05) is 6.54 Å². The molecule has 2 rings (SSSR count). The van der Waals surface area contributed by atoms with Crippen molar-refractivity contribution in [1.29, 1.82) is 0 Å². The first-order valence-corrected chi connectivity index (χ1v) is 6.99. The van der Waals surface area contributed by atoms with Crippen LogP contribution in [-0.2, 0) is 11.3 Å². The summed E-state index contributed by atoms with van der Waals surface area (Å²) in [6.45, 7) is 4.88. The summed E-state index contributed by atoms with van der Waals surface area (Å²) in [5.41, 5.74) is 1.03. The lowest BCUT2D eigenvalue weighted by Crippen LogP contribution is -2.25. The first kappa shape index (κ1) is 14.3. The van der Waals surface area contributed by atoms with Gasteiger partial charge < -0.3 is 4.55 Å². The van der Waals surface area contributed by atoms with Gasteiger partial charge in [0.25, 0.3) is 0 Å². The van der Waals surface area contributed by atoms with Crippen LogP contribution < -0.4 is 0 Å². The zero-order valence-electron chi connectivity index (χ0n) is 10.3. The lowest BCUT2D eigenvalue weighted by Gasteiger charge is -2.25. The number of pyridine rings is 1. The molecule has 5 heteroatoms. The van der Waals surface area contributed by atoms with Gasteiger partial charge in [-0.05, 0) is 30.5 Å². The van der Waals surface area contributed by atoms with Crippen molar-refractivity contribution in [3.8, 4) is 0 Å². The molecule has 17 heavy (non-hydrogen) atoms. The molecule has 1 aliphatic heterocycles. The van der Waals surface area contributed by atoms with E-state index in [9.17, 15) is 8.76 Å². The molecular formula is C12H19N2O2S-. The number of hydrogen-bond donors (Lipinski definition) is 0. The summed E-state index contributed by atoms with van der Waals surface area (Å²) in [7, 11) is 0. The fourth-order valence-corrected chi connectivity index (χ4v) is 2.55. The molecule has 1 aliphatic rings. The molecule has 2 atom stereocenters. The third-order valence-electron chi connectivity index (χ3n) is 2.49. The van der Waals surface area contributed by atoms with E-state index in [1.807, 2.05) is 12.1 Å². The zero-order valence-corrected chi connectivity index (χ0v) is 11.2. The topological polar surface area (TPSA) is 56.3 Å². The molecule has 0 radical (unpaired) electrons. The second-order valence-corrected chi connectivity index (χ2v) is 4.91. The van der Waals surface area contributed by atoms with Crippen molar-refractivity contribution in [2.24, 2.45) is 0 Å². The lowest BCUT2D eigenvalue weighted by molar-refractivity contribution is 0.375. The van der Waals surface area contributed by atoms with Crippen molar-refractivity contribution in [3.05, 3.63) is 30.1 Å². The summed E-state index contributed by atoms with van der Waals surface area (Å²) in [6, 6.07) is 3.75. The fourth-order valence-electron chi connectivity index (χ4n) is 1.84. The SMILES string of the molecule is CCC.O=S([O-])N1CCC[C@@H]1c1ccncc1. The molecule has 1 aromatic heterocycles. The van der Waals surface area contributed by atoms with Gasteiger partial charge in [0.05, 0.1) is 0 Å². The molecular weight excluding hydrogens is 236 g/mol. The van der Waals surface area contributed by atoms with E-state index in [1.54, 1.807) is 12.4 Å². The minimum absolute atomic E-state index is 0.0105. The Balaban J connectivity index is 0.000000437. The van der Waals surface area contributed by atoms with Gasteiger partial charge in [0.1, 0.15) is 0 Å². The average Bonchev–Trinajstić information content (AvgIpc) is 2.80. The zero-order chi connectivity index (χ0) is 12.7. The van der Waals surface area contributed by atoms with Crippen LogP contribution in [-0.4, -0.2) is 24.6 Å². The molecule has 1 aromatic rings. The van der Waals surface area contributed by atoms with E-state index >= 15 is 0 Å². The molecule has 0 amide bonds. The van der Waals surface area contributed by atoms with Crippen LogP contribution in [0.25, 0.3) is 0 Å². The lowest BCUT2D eigenvalue weighted by atomic mass is 10.1. The third-order valence-corrected chi connectivity index (χ3v) is 3.31. The van der Waals surface area contributed by atoms with Crippen LogP contribution in [0.4, 0.5) is 0 Å². The summed E-state index contributed by atoms with van der Waals surface area (Å²) in [5, 5.41) is 0. The molecule has 0 aromatic carbocycles. The van der Waals surface area contributed by atoms with Gasteiger partial charge in [0.15, 0.2) is 0 Å². The average molecular weight is 255 g/mol. The van der Waals surface area contributed by atoms with Crippen LogP contribution in [0.15, 0.2) is 24.5 Å². The largest absolute Gasteiger partial charge is 0.760 e. The fraction of sp³-hybridized carbons (Fsp3) is 0.583. The monoisotopic (exact) mass is 255 g/mol. The number of hydrogen-bond acceptors (Lipinski definition) is 3. The summed E-state index contributed by atoms with van der Waals surface area (Å²) in [4.78, 5) is 3.91. The summed E-state index contributed by atoms with van der Waals surface area (Å²) in [6.07, 6.45) is 6.47. The Labute approximate surface area is 105 Å². The van der Waals surface area contributed by atoms with Crippen LogP contribution in [0.1, 0.15) is 44.7 Å². The highest BCUT2D eigenvalue weighted by molar-refractivity contribution is 7.76. The summed E-state index contributed by atoms with van der Waals surface area (Å²) < 4.78 is 23.3. The molecule has 1 saturated heterocycles. The molecule has 0 saturated carbocycles. The van der Waals surface area contributed by atoms with E-state index in [-0.39, 0.29) is 6.04 Å². The van der Waals surface area contributed by atoms with Crippen LogP contribution in [0, 0.1) is 0 Å². The Morgan fingerprint density at radius 3 is 2.59 bits per heavy atom. The Morgan fingerprint density at radius 2 is 2.06 bits per heavy atom. The smallest absolute Gasteiger partial charge is 0.0466 e. The van der Waals surface area contributed by atoms with E-state index in [0.717, 1.165) is 18.4 Å².